The van der Waals surface area contributed by atoms with E-state index in [1.165, 1.54) is 5.56 Å². The molecule has 0 atom stereocenters. The fourth-order valence-corrected chi connectivity index (χ4v) is 1.26. The highest BCUT2D eigenvalue weighted by Gasteiger charge is 2.15. The Hall–Kier alpha value is -0.700. The summed E-state index contributed by atoms with van der Waals surface area (Å²) in [7, 11) is 0. The minimum atomic E-state index is 0.701. The third kappa shape index (κ3) is 0.703. The molecule has 0 saturated carbocycles. The van der Waals surface area contributed by atoms with Crippen molar-refractivity contribution in [3.8, 4) is 5.75 Å². The molecule has 0 fully saturated rings. The third-order valence-corrected chi connectivity index (χ3v) is 2.25. The minimum absolute atomic E-state index is 0.701. The van der Waals surface area contributed by atoms with Crippen molar-refractivity contribution in [3.05, 3.63) is 22.2 Å². The Balaban J connectivity index is 2.60. The summed E-state index contributed by atoms with van der Waals surface area (Å²) in [5.41, 5.74) is 7.60. The number of halogens is 1. The van der Waals surface area contributed by atoms with Crippen molar-refractivity contribution in [1.29, 1.82) is 0 Å². The van der Waals surface area contributed by atoms with Gasteiger partial charge in [0.25, 0.3) is 0 Å². The van der Waals surface area contributed by atoms with Crippen molar-refractivity contribution in [3.63, 3.8) is 0 Å². The number of hydrogen-bond acceptors (Lipinski definition) is 2. The lowest BCUT2D eigenvalue weighted by molar-refractivity contribution is 0.243. The molecule has 0 unspecified atom stereocenters. The molecule has 0 bridgehead atoms. The van der Waals surface area contributed by atoms with Gasteiger partial charge in [0.1, 0.15) is 12.4 Å². The van der Waals surface area contributed by atoms with Crippen LogP contribution in [0, 0.1) is 0 Å². The van der Waals surface area contributed by atoms with Crippen molar-refractivity contribution in [2.75, 3.05) is 5.73 Å². The monoisotopic (exact) mass is 199 g/mol. The average Bonchev–Trinajstić information content (AvgIpc) is 1.89. The first kappa shape index (κ1) is 6.04. The highest BCUT2D eigenvalue weighted by atomic mass is 79.9. The SMILES string of the molecule is Nc1cc2c(cc1Br)OC2. The van der Waals surface area contributed by atoms with E-state index in [-0.39, 0.29) is 0 Å². The Morgan fingerprint density at radius 3 is 2.80 bits per heavy atom. The molecule has 0 aliphatic carbocycles. The summed E-state index contributed by atoms with van der Waals surface area (Å²) in [5, 5.41) is 0. The van der Waals surface area contributed by atoms with Gasteiger partial charge in [-0.05, 0) is 28.1 Å². The summed E-state index contributed by atoms with van der Waals surface area (Å²) in [6, 6.07) is 3.83. The predicted molar refractivity (Wildman–Crippen MR) is 42.9 cm³/mol. The number of ether oxygens (including phenoxy) is 1. The molecule has 1 aromatic rings. The molecule has 0 spiro atoms. The van der Waals surface area contributed by atoms with E-state index >= 15 is 0 Å². The quantitative estimate of drug-likeness (QED) is 0.649. The number of fused-ring (bicyclic) bond motifs is 1. The fourth-order valence-electron chi connectivity index (χ4n) is 0.941. The molecule has 2 nitrogen and oxygen atoms in total. The Kier molecular flexibility index (Phi) is 1.14. The zero-order valence-corrected chi connectivity index (χ0v) is 6.81. The van der Waals surface area contributed by atoms with Gasteiger partial charge in [-0.1, -0.05) is 0 Å². The van der Waals surface area contributed by atoms with Crippen molar-refractivity contribution in [2.45, 2.75) is 6.61 Å². The summed E-state index contributed by atoms with van der Waals surface area (Å²) in [5.74, 6) is 0.945. The largest absolute Gasteiger partial charge is 0.488 e. The Morgan fingerprint density at radius 2 is 2.30 bits per heavy atom. The van der Waals surface area contributed by atoms with E-state index in [1.54, 1.807) is 0 Å². The van der Waals surface area contributed by atoms with Crippen LogP contribution < -0.4 is 10.5 Å². The first-order valence-corrected chi connectivity index (χ1v) is 3.77. The summed E-state index contributed by atoms with van der Waals surface area (Å²) >= 11 is 3.31. The van der Waals surface area contributed by atoms with Crippen LogP contribution in [0.3, 0.4) is 0 Å². The lowest BCUT2D eigenvalue weighted by Crippen LogP contribution is -2.09. The molecule has 2 N–H and O–H groups in total. The maximum absolute atomic E-state index is 5.62. The first-order chi connectivity index (χ1) is 4.77. The van der Waals surface area contributed by atoms with Gasteiger partial charge in [-0.2, -0.15) is 0 Å². The van der Waals surface area contributed by atoms with E-state index in [2.05, 4.69) is 15.9 Å². The number of nitrogens with two attached hydrogens (primary N) is 1. The molecule has 0 amide bonds. The van der Waals surface area contributed by atoms with Crippen molar-refractivity contribution < 1.29 is 4.74 Å². The van der Waals surface area contributed by atoms with Crippen LogP contribution in [0.15, 0.2) is 16.6 Å². The van der Waals surface area contributed by atoms with Crippen molar-refractivity contribution in [2.24, 2.45) is 0 Å². The zero-order chi connectivity index (χ0) is 7.14. The van der Waals surface area contributed by atoms with E-state index in [1.807, 2.05) is 12.1 Å². The Bertz CT molecular complexity index is 245. The highest BCUT2D eigenvalue weighted by molar-refractivity contribution is 9.10. The van der Waals surface area contributed by atoms with Crippen LogP contribution in [0.25, 0.3) is 0 Å². The van der Waals surface area contributed by atoms with Crippen LogP contribution in [0.1, 0.15) is 5.56 Å². The molecule has 52 valence electrons. The van der Waals surface area contributed by atoms with Gasteiger partial charge >= 0.3 is 0 Å². The minimum Gasteiger partial charge on any atom is -0.488 e. The number of nitrogen functional groups attached to an aromatic ring is 1. The number of anilines is 1. The van der Waals surface area contributed by atoms with Crippen LogP contribution in [-0.2, 0) is 6.61 Å². The van der Waals surface area contributed by atoms with E-state index in [0.717, 1.165) is 15.9 Å². The Morgan fingerprint density at radius 1 is 1.50 bits per heavy atom. The maximum atomic E-state index is 5.62. The van der Waals surface area contributed by atoms with Crippen molar-refractivity contribution in [1.82, 2.24) is 0 Å². The standard InChI is InChI=1S/C7H6BrNO/c8-5-2-7-4(3-10-7)1-6(5)9/h1-2H,3,9H2. The molecule has 1 aliphatic heterocycles. The summed E-state index contributed by atoms with van der Waals surface area (Å²) < 4.78 is 6.03. The van der Waals surface area contributed by atoms with Gasteiger partial charge in [0.05, 0.1) is 0 Å². The number of benzene rings is 1. The average molecular weight is 200 g/mol. The van der Waals surface area contributed by atoms with Crippen LogP contribution in [0.4, 0.5) is 5.69 Å². The molecular formula is C7H6BrNO. The number of rotatable bonds is 0. The molecule has 10 heavy (non-hydrogen) atoms. The third-order valence-electron chi connectivity index (χ3n) is 1.56. The van der Waals surface area contributed by atoms with Crippen molar-refractivity contribution >= 4 is 21.6 Å². The summed E-state index contributed by atoms with van der Waals surface area (Å²) in [4.78, 5) is 0. The second-order valence-electron chi connectivity index (χ2n) is 2.27. The van der Waals surface area contributed by atoms with E-state index in [0.29, 0.717) is 6.61 Å². The van der Waals surface area contributed by atoms with Gasteiger partial charge in [-0.15, -0.1) is 0 Å². The zero-order valence-electron chi connectivity index (χ0n) is 5.23. The molecule has 1 heterocycles. The fraction of sp³-hybridized carbons (Fsp3) is 0.143. The van der Waals surface area contributed by atoms with Gasteiger partial charge in [-0.3, -0.25) is 0 Å². The van der Waals surface area contributed by atoms with Crippen LogP contribution in [0.5, 0.6) is 5.75 Å². The summed E-state index contributed by atoms with van der Waals surface area (Å²) in [6.45, 7) is 0.701. The lowest BCUT2D eigenvalue weighted by Gasteiger charge is -2.20. The topological polar surface area (TPSA) is 35.2 Å². The van der Waals surface area contributed by atoms with E-state index < -0.39 is 0 Å². The molecule has 0 radical (unpaired) electrons. The van der Waals surface area contributed by atoms with Gasteiger partial charge in [-0.25, -0.2) is 0 Å². The van der Waals surface area contributed by atoms with Crippen LogP contribution >= 0.6 is 15.9 Å². The normalized spacial score (nSPS) is 13.3. The van der Waals surface area contributed by atoms with Crippen LogP contribution in [-0.4, -0.2) is 0 Å². The van der Waals surface area contributed by atoms with Gasteiger partial charge in [0, 0.05) is 15.7 Å². The molecule has 0 saturated heterocycles. The van der Waals surface area contributed by atoms with Gasteiger partial charge in [0.2, 0.25) is 0 Å². The van der Waals surface area contributed by atoms with E-state index in [4.69, 9.17) is 10.5 Å². The molecule has 2 rings (SSSR count). The molecule has 1 aromatic carbocycles. The molecule has 0 aromatic heterocycles. The highest BCUT2D eigenvalue weighted by Crippen LogP contribution is 2.35. The van der Waals surface area contributed by atoms with Crippen LogP contribution in [0.2, 0.25) is 0 Å². The lowest BCUT2D eigenvalue weighted by atomic mass is 10.1. The summed E-state index contributed by atoms with van der Waals surface area (Å²) in [6.07, 6.45) is 0. The molecule has 3 heteroatoms. The number of hydrogen-bond donors (Lipinski definition) is 1. The van der Waals surface area contributed by atoms with Gasteiger partial charge in [0.15, 0.2) is 0 Å². The second-order valence-corrected chi connectivity index (χ2v) is 3.12. The van der Waals surface area contributed by atoms with Gasteiger partial charge < -0.3 is 10.5 Å². The maximum Gasteiger partial charge on any atom is 0.127 e. The van der Waals surface area contributed by atoms with E-state index in [9.17, 15) is 0 Å². The predicted octanol–water partition coefficient (Wildman–Crippen LogP) is 1.92. The molecular weight excluding hydrogens is 194 g/mol. The Labute approximate surface area is 67.1 Å². The second kappa shape index (κ2) is 1.89. The molecule has 1 aliphatic rings. The first-order valence-electron chi connectivity index (χ1n) is 2.98. The smallest absolute Gasteiger partial charge is 0.127 e.